The van der Waals surface area contributed by atoms with E-state index >= 15 is 0 Å². The van der Waals surface area contributed by atoms with Crippen LogP contribution in [-0.4, -0.2) is 28.2 Å². The summed E-state index contributed by atoms with van der Waals surface area (Å²) in [4.78, 5) is 33.8. The number of rotatable bonds is 7. The SMILES string of the molecule is Cc1ccc(NC(=O)OCc2cccc(CC(C(=O)O)C(=O)O)c2)cc1. The molecule has 0 atom stereocenters. The first kappa shape index (κ1) is 19.0. The maximum atomic E-state index is 11.8. The van der Waals surface area contributed by atoms with Gasteiger partial charge in [0.2, 0.25) is 0 Å². The molecule has 0 bridgehead atoms. The maximum absolute atomic E-state index is 11.8. The van der Waals surface area contributed by atoms with E-state index < -0.39 is 23.9 Å². The summed E-state index contributed by atoms with van der Waals surface area (Å²) < 4.78 is 5.13. The summed E-state index contributed by atoms with van der Waals surface area (Å²) >= 11 is 0. The van der Waals surface area contributed by atoms with Crippen molar-refractivity contribution in [3.05, 3.63) is 65.2 Å². The van der Waals surface area contributed by atoms with Crippen molar-refractivity contribution in [1.29, 1.82) is 0 Å². The lowest BCUT2D eigenvalue weighted by atomic mass is 9.98. The van der Waals surface area contributed by atoms with Crippen molar-refractivity contribution in [3.63, 3.8) is 0 Å². The van der Waals surface area contributed by atoms with Crippen LogP contribution in [0.25, 0.3) is 0 Å². The van der Waals surface area contributed by atoms with Gasteiger partial charge in [-0.1, -0.05) is 42.0 Å². The van der Waals surface area contributed by atoms with Gasteiger partial charge in [0.15, 0.2) is 5.92 Å². The second-order valence-corrected chi connectivity index (χ2v) is 5.82. The average molecular weight is 357 g/mol. The summed E-state index contributed by atoms with van der Waals surface area (Å²) in [6.07, 6.45) is -0.762. The number of benzene rings is 2. The predicted octanol–water partition coefficient (Wildman–Crippen LogP) is 3.07. The first-order valence-electron chi connectivity index (χ1n) is 7.89. The molecule has 0 fully saturated rings. The Morgan fingerprint density at radius 2 is 1.62 bits per heavy atom. The monoisotopic (exact) mass is 357 g/mol. The van der Waals surface area contributed by atoms with Crippen molar-refractivity contribution < 1.29 is 29.3 Å². The Morgan fingerprint density at radius 3 is 2.23 bits per heavy atom. The molecule has 0 aliphatic heterocycles. The molecule has 2 rings (SSSR count). The Morgan fingerprint density at radius 1 is 1.00 bits per heavy atom. The van der Waals surface area contributed by atoms with Crippen molar-refractivity contribution in [3.8, 4) is 0 Å². The van der Waals surface area contributed by atoms with Crippen LogP contribution in [0, 0.1) is 12.8 Å². The molecule has 0 unspecified atom stereocenters. The van der Waals surface area contributed by atoms with E-state index in [1.54, 1.807) is 36.4 Å². The summed E-state index contributed by atoms with van der Waals surface area (Å²) in [6.45, 7) is 1.92. The van der Waals surface area contributed by atoms with Gasteiger partial charge >= 0.3 is 18.0 Å². The van der Waals surface area contributed by atoms with Gasteiger partial charge in [-0.05, 0) is 36.6 Å². The number of carboxylic acid groups (broad SMARTS) is 2. The molecule has 0 aliphatic rings. The minimum absolute atomic E-state index is 0.0175. The van der Waals surface area contributed by atoms with Crippen molar-refractivity contribution in [2.45, 2.75) is 20.0 Å². The number of amides is 1. The van der Waals surface area contributed by atoms with Gasteiger partial charge < -0.3 is 14.9 Å². The molecule has 0 heterocycles. The lowest BCUT2D eigenvalue weighted by molar-refractivity contribution is -0.154. The Balaban J connectivity index is 1.93. The number of aryl methyl sites for hydroxylation is 1. The molecule has 3 N–H and O–H groups in total. The molecule has 0 aromatic heterocycles. The quantitative estimate of drug-likeness (QED) is 0.656. The highest BCUT2D eigenvalue weighted by Gasteiger charge is 2.25. The lowest BCUT2D eigenvalue weighted by Crippen LogP contribution is -2.25. The van der Waals surface area contributed by atoms with E-state index in [-0.39, 0.29) is 13.0 Å². The van der Waals surface area contributed by atoms with E-state index in [9.17, 15) is 14.4 Å². The van der Waals surface area contributed by atoms with E-state index in [4.69, 9.17) is 14.9 Å². The first-order valence-corrected chi connectivity index (χ1v) is 7.89. The van der Waals surface area contributed by atoms with Crippen molar-refractivity contribution >= 4 is 23.7 Å². The minimum Gasteiger partial charge on any atom is -0.481 e. The molecule has 136 valence electrons. The van der Waals surface area contributed by atoms with Gasteiger partial charge in [0.25, 0.3) is 0 Å². The Bertz CT molecular complexity index is 786. The second-order valence-electron chi connectivity index (χ2n) is 5.82. The molecule has 2 aromatic rings. The average Bonchev–Trinajstić information content (AvgIpc) is 2.60. The topological polar surface area (TPSA) is 113 Å². The zero-order valence-electron chi connectivity index (χ0n) is 14.1. The fraction of sp³-hybridized carbons (Fsp3) is 0.211. The van der Waals surface area contributed by atoms with E-state index in [0.29, 0.717) is 16.8 Å². The summed E-state index contributed by atoms with van der Waals surface area (Å²) in [5.41, 5.74) is 2.86. The van der Waals surface area contributed by atoms with E-state index in [1.807, 2.05) is 19.1 Å². The van der Waals surface area contributed by atoms with Gasteiger partial charge in [0.1, 0.15) is 6.61 Å². The molecule has 0 spiro atoms. The number of carbonyl (C=O) groups is 3. The zero-order valence-corrected chi connectivity index (χ0v) is 14.1. The summed E-state index contributed by atoms with van der Waals surface area (Å²) in [5.74, 6) is -4.30. The summed E-state index contributed by atoms with van der Waals surface area (Å²) in [7, 11) is 0. The highest BCUT2D eigenvalue weighted by Crippen LogP contribution is 2.14. The largest absolute Gasteiger partial charge is 0.481 e. The van der Waals surface area contributed by atoms with Crippen molar-refractivity contribution in [2.24, 2.45) is 5.92 Å². The van der Waals surface area contributed by atoms with E-state index in [2.05, 4.69) is 5.32 Å². The Hall–Kier alpha value is -3.35. The highest BCUT2D eigenvalue weighted by atomic mass is 16.5. The molecule has 1 amide bonds. The zero-order chi connectivity index (χ0) is 19.1. The van der Waals surface area contributed by atoms with Crippen LogP contribution in [0.15, 0.2) is 48.5 Å². The summed E-state index contributed by atoms with van der Waals surface area (Å²) in [5, 5.41) is 20.5. The maximum Gasteiger partial charge on any atom is 0.411 e. The number of ether oxygens (including phenoxy) is 1. The van der Waals surface area contributed by atoms with Crippen LogP contribution < -0.4 is 5.32 Å². The Kier molecular flexibility index (Phi) is 6.32. The molecular formula is C19H19NO6. The lowest BCUT2D eigenvalue weighted by Gasteiger charge is -2.10. The third-order valence-electron chi connectivity index (χ3n) is 3.70. The smallest absolute Gasteiger partial charge is 0.411 e. The number of carbonyl (C=O) groups excluding carboxylic acids is 1. The second kappa shape index (κ2) is 8.66. The molecule has 0 saturated heterocycles. The van der Waals surface area contributed by atoms with Gasteiger partial charge in [0, 0.05) is 5.69 Å². The van der Waals surface area contributed by atoms with Crippen LogP contribution in [0.5, 0.6) is 0 Å². The molecule has 0 aliphatic carbocycles. The fourth-order valence-electron chi connectivity index (χ4n) is 2.30. The minimum atomic E-state index is -1.52. The molecule has 7 nitrogen and oxygen atoms in total. The van der Waals surface area contributed by atoms with Crippen LogP contribution in [-0.2, 0) is 27.4 Å². The fourth-order valence-corrected chi connectivity index (χ4v) is 2.30. The third-order valence-corrected chi connectivity index (χ3v) is 3.70. The molecule has 0 saturated carbocycles. The van der Waals surface area contributed by atoms with Gasteiger partial charge in [-0.2, -0.15) is 0 Å². The van der Waals surface area contributed by atoms with Crippen LogP contribution >= 0.6 is 0 Å². The normalized spacial score (nSPS) is 10.4. The first-order chi connectivity index (χ1) is 12.3. The number of aliphatic carboxylic acids is 2. The van der Waals surface area contributed by atoms with Crippen LogP contribution in [0.4, 0.5) is 10.5 Å². The number of nitrogens with one attached hydrogen (secondary N) is 1. The number of anilines is 1. The van der Waals surface area contributed by atoms with E-state index in [1.165, 1.54) is 0 Å². The Labute approximate surface area is 150 Å². The van der Waals surface area contributed by atoms with Gasteiger partial charge in [-0.15, -0.1) is 0 Å². The number of hydrogen-bond acceptors (Lipinski definition) is 4. The number of carboxylic acids is 2. The molecule has 0 radical (unpaired) electrons. The third kappa shape index (κ3) is 5.62. The van der Waals surface area contributed by atoms with Gasteiger partial charge in [-0.25, -0.2) is 4.79 Å². The molecule has 26 heavy (non-hydrogen) atoms. The summed E-state index contributed by atoms with van der Waals surface area (Å²) in [6, 6.07) is 13.9. The van der Waals surface area contributed by atoms with E-state index in [0.717, 1.165) is 5.56 Å². The molecular weight excluding hydrogens is 338 g/mol. The van der Waals surface area contributed by atoms with Crippen molar-refractivity contribution in [2.75, 3.05) is 5.32 Å². The van der Waals surface area contributed by atoms with Crippen molar-refractivity contribution in [1.82, 2.24) is 0 Å². The van der Waals surface area contributed by atoms with Crippen LogP contribution in [0.1, 0.15) is 16.7 Å². The van der Waals surface area contributed by atoms with Gasteiger partial charge in [0.05, 0.1) is 0 Å². The molecule has 7 heteroatoms. The van der Waals surface area contributed by atoms with Crippen LogP contribution in [0.2, 0.25) is 0 Å². The molecule has 2 aromatic carbocycles. The predicted molar refractivity (Wildman–Crippen MR) is 93.9 cm³/mol. The van der Waals surface area contributed by atoms with Crippen LogP contribution in [0.3, 0.4) is 0 Å². The standard InChI is InChI=1S/C19H19NO6/c1-12-5-7-15(8-6-12)20-19(25)26-11-14-4-2-3-13(9-14)10-16(17(21)22)18(23)24/h2-9,16H,10-11H2,1H3,(H,20,25)(H,21,22)(H,23,24). The van der Waals surface area contributed by atoms with Gasteiger partial charge in [-0.3, -0.25) is 14.9 Å². The highest BCUT2D eigenvalue weighted by molar-refractivity contribution is 5.93. The number of hydrogen-bond donors (Lipinski definition) is 3.